The Morgan fingerprint density at radius 1 is 1.27 bits per heavy atom. The lowest BCUT2D eigenvalue weighted by Crippen LogP contribution is -2.55. The fraction of sp³-hybridized carbons (Fsp3) is 1.00. The Kier molecular flexibility index (Phi) is 1.16. The van der Waals surface area contributed by atoms with Gasteiger partial charge in [-0.1, -0.05) is 0 Å². The predicted octanol–water partition coefficient (Wildman–Crippen LogP) is -1.50. The van der Waals surface area contributed by atoms with E-state index in [1.54, 1.807) is 0 Å². The molecule has 1 unspecified atom stereocenters. The predicted molar refractivity (Wildman–Crippen MR) is 27.8 cm³/mol. The summed E-state index contributed by atoms with van der Waals surface area (Å²) >= 11 is 0. The second-order valence-corrected chi connectivity index (χ2v) is 3.69. The molecule has 0 aliphatic carbocycles. The van der Waals surface area contributed by atoms with Gasteiger partial charge < -0.3 is 15.3 Å². The molecule has 0 aromatic rings. The summed E-state index contributed by atoms with van der Waals surface area (Å²) in [7, 11) is -3.76. The first-order valence-electron chi connectivity index (χ1n) is 2.71. The molecule has 0 saturated carbocycles. The van der Waals surface area contributed by atoms with Crippen LogP contribution in [0.5, 0.6) is 0 Å². The summed E-state index contributed by atoms with van der Waals surface area (Å²) in [6.45, 7) is -0.965. The zero-order valence-corrected chi connectivity index (χ0v) is 6.02. The summed E-state index contributed by atoms with van der Waals surface area (Å²) in [6, 6.07) is 0. The van der Waals surface area contributed by atoms with Crippen molar-refractivity contribution >= 4 is 7.82 Å². The maximum Gasteiger partial charge on any atom is 0.486 e. The first kappa shape index (κ1) is 7.63. The van der Waals surface area contributed by atoms with Gasteiger partial charge in [0.15, 0.2) is 0 Å². The molecule has 2 bridgehead atoms. The highest BCUT2D eigenvalue weighted by Crippen LogP contribution is 2.75. The maximum atomic E-state index is 10.8. The van der Waals surface area contributed by atoms with E-state index in [1.807, 2.05) is 0 Å². The van der Waals surface area contributed by atoms with Crippen molar-refractivity contribution in [1.29, 1.82) is 0 Å². The summed E-state index contributed by atoms with van der Waals surface area (Å²) in [4.78, 5) is 0. The third-order valence-electron chi connectivity index (χ3n) is 1.44. The largest absolute Gasteiger partial charge is 0.486 e. The molecule has 1 atom stereocenters. The number of hydrogen-bond acceptors (Lipinski definition) is 7. The van der Waals surface area contributed by atoms with Crippen LogP contribution in [-0.2, 0) is 18.1 Å². The van der Waals surface area contributed by atoms with E-state index >= 15 is 0 Å². The quantitative estimate of drug-likeness (QED) is 0.425. The Bertz CT molecular complexity index is 240. The van der Waals surface area contributed by atoms with Gasteiger partial charge in [-0.15, -0.1) is 0 Å². The van der Waals surface area contributed by atoms with Crippen molar-refractivity contribution in [3.63, 3.8) is 0 Å². The lowest BCUT2D eigenvalue weighted by molar-refractivity contribution is -0.398. The molecule has 11 heavy (non-hydrogen) atoms. The number of phosphoric ester groups is 1. The molecule has 3 aliphatic rings. The summed E-state index contributed by atoms with van der Waals surface area (Å²) in [5, 5.41) is 26.6. The van der Waals surface area contributed by atoms with E-state index in [2.05, 4.69) is 13.6 Å². The molecule has 7 nitrogen and oxygen atoms in total. The van der Waals surface area contributed by atoms with Crippen LogP contribution in [0.15, 0.2) is 0 Å². The van der Waals surface area contributed by atoms with E-state index < -0.39 is 26.2 Å². The van der Waals surface area contributed by atoms with E-state index in [1.165, 1.54) is 0 Å². The first-order chi connectivity index (χ1) is 4.93. The first-order valence-corrected chi connectivity index (χ1v) is 4.17. The molecule has 3 heterocycles. The normalized spacial score (nSPS) is 61.0. The maximum absolute atomic E-state index is 10.8. The van der Waals surface area contributed by atoms with E-state index in [4.69, 9.17) is 15.3 Å². The number of aliphatic hydroxyl groups excluding tert-OH is 1. The van der Waals surface area contributed by atoms with Crippen LogP contribution in [0, 0.1) is 0 Å². The van der Waals surface area contributed by atoms with Crippen molar-refractivity contribution in [1.82, 2.24) is 0 Å². The molecular formula is C3H5O7P. The fourth-order valence-corrected chi connectivity index (χ4v) is 2.38. The highest BCUT2D eigenvalue weighted by molar-refractivity contribution is 7.50. The molecule has 3 fully saturated rings. The molecule has 3 aliphatic heterocycles. The molecule has 8 heteroatoms. The van der Waals surface area contributed by atoms with Gasteiger partial charge in [0, 0.05) is 0 Å². The second-order valence-electron chi connectivity index (χ2n) is 2.25. The van der Waals surface area contributed by atoms with E-state index in [0.717, 1.165) is 0 Å². The molecule has 0 amide bonds. The Morgan fingerprint density at radius 2 is 1.82 bits per heavy atom. The van der Waals surface area contributed by atoms with Crippen LogP contribution >= 0.6 is 7.82 Å². The molecular weight excluding hydrogens is 179 g/mol. The lowest BCUT2D eigenvalue weighted by Gasteiger charge is -2.31. The fourth-order valence-electron chi connectivity index (χ4n) is 0.861. The average molecular weight is 184 g/mol. The van der Waals surface area contributed by atoms with Gasteiger partial charge in [0.05, 0.1) is 0 Å². The highest BCUT2D eigenvalue weighted by Gasteiger charge is 2.79. The summed E-state index contributed by atoms with van der Waals surface area (Å²) in [5.41, 5.74) is 0. The number of aliphatic hydroxyl groups is 3. The van der Waals surface area contributed by atoms with Gasteiger partial charge in [-0.2, -0.15) is 0 Å². The molecule has 0 radical (unpaired) electrons. The van der Waals surface area contributed by atoms with Crippen LogP contribution in [0.25, 0.3) is 0 Å². The minimum atomic E-state index is -3.76. The van der Waals surface area contributed by atoms with Gasteiger partial charge in [-0.25, -0.2) is 18.1 Å². The minimum absolute atomic E-state index is 0.965. The SMILES string of the molecule is O=P12OC(O)(CO)C(O)(O1)O2. The van der Waals surface area contributed by atoms with E-state index in [0.29, 0.717) is 0 Å². The molecule has 0 spiro atoms. The van der Waals surface area contributed by atoms with Gasteiger partial charge in [-0.05, 0) is 0 Å². The second kappa shape index (κ2) is 1.67. The van der Waals surface area contributed by atoms with E-state index in [-0.39, 0.29) is 0 Å². The van der Waals surface area contributed by atoms with Crippen molar-refractivity contribution in [3.8, 4) is 0 Å². The molecule has 0 aromatic heterocycles. The third kappa shape index (κ3) is 0.709. The van der Waals surface area contributed by atoms with Gasteiger partial charge in [0.1, 0.15) is 6.61 Å². The van der Waals surface area contributed by atoms with Crippen molar-refractivity contribution < 1.29 is 33.5 Å². The van der Waals surface area contributed by atoms with Crippen LogP contribution in [0.2, 0.25) is 0 Å². The highest BCUT2D eigenvalue weighted by atomic mass is 31.2. The summed E-state index contributed by atoms with van der Waals surface area (Å²) in [5.74, 6) is -4.90. The number of rotatable bonds is 1. The molecule has 3 saturated heterocycles. The van der Waals surface area contributed by atoms with Crippen LogP contribution in [0.3, 0.4) is 0 Å². The van der Waals surface area contributed by atoms with Crippen molar-refractivity contribution in [2.24, 2.45) is 0 Å². The van der Waals surface area contributed by atoms with Gasteiger partial charge in [-0.3, -0.25) is 0 Å². The van der Waals surface area contributed by atoms with Crippen LogP contribution < -0.4 is 0 Å². The monoisotopic (exact) mass is 184 g/mol. The topological polar surface area (TPSA) is 105 Å². The van der Waals surface area contributed by atoms with Crippen molar-refractivity contribution in [2.75, 3.05) is 6.61 Å². The smallest absolute Gasteiger partial charge is 0.390 e. The zero-order valence-electron chi connectivity index (χ0n) is 5.13. The molecule has 64 valence electrons. The van der Waals surface area contributed by atoms with Crippen molar-refractivity contribution in [2.45, 2.75) is 11.8 Å². The Morgan fingerprint density at radius 3 is 2.00 bits per heavy atom. The summed E-state index contributed by atoms with van der Waals surface area (Å²) < 4.78 is 23.4. The lowest BCUT2D eigenvalue weighted by atomic mass is 10.2. The Hall–Kier alpha value is -0.0100. The Balaban J connectivity index is 2.36. The number of hydrogen-bond donors (Lipinski definition) is 3. The van der Waals surface area contributed by atoms with Crippen LogP contribution in [0.1, 0.15) is 0 Å². The molecule has 0 aromatic carbocycles. The van der Waals surface area contributed by atoms with Gasteiger partial charge in [0.25, 0.3) is 5.79 Å². The van der Waals surface area contributed by atoms with Crippen LogP contribution in [0.4, 0.5) is 0 Å². The number of fused-ring (bicyclic) bond motifs is 1. The standard InChI is InChI=1S/C3H5O7P/c4-1-2(5)3(6)9-11(7,8-2)10-3/h4-6H,1H2. The van der Waals surface area contributed by atoms with Crippen LogP contribution in [-0.4, -0.2) is 33.7 Å². The average Bonchev–Trinajstić information content (AvgIpc) is 2.11. The van der Waals surface area contributed by atoms with Gasteiger partial charge in [0.2, 0.25) is 0 Å². The zero-order chi connectivity index (χ0) is 8.33. The molecule has 3 N–H and O–H groups in total. The summed E-state index contributed by atoms with van der Waals surface area (Å²) in [6.07, 6.45) is 0. The Labute approximate surface area is 60.7 Å². The van der Waals surface area contributed by atoms with Gasteiger partial charge >= 0.3 is 13.8 Å². The molecule has 3 rings (SSSR count). The third-order valence-corrected chi connectivity index (χ3v) is 2.91. The van der Waals surface area contributed by atoms with Crippen molar-refractivity contribution in [3.05, 3.63) is 0 Å². The van der Waals surface area contributed by atoms with E-state index in [9.17, 15) is 4.57 Å². The number of phosphoric acid groups is 1. The minimum Gasteiger partial charge on any atom is -0.390 e.